The first-order valence-electron chi connectivity index (χ1n) is 14.2. The van der Waals surface area contributed by atoms with Crippen LogP contribution in [-0.4, -0.2) is 38.4 Å². The minimum Gasteiger partial charge on any atom is -0.512 e. The van der Waals surface area contributed by atoms with Gasteiger partial charge in [-0.2, -0.15) is 4.99 Å². The minimum absolute atomic E-state index is 0.0301. The summed E-state index contributed by atoms with van der Waals surface area (Å²) in [6.45, 7) is 7.83. The fraction of sp³-hybridized carbons (Fsp3) is 0.516. The van der Waals surface area contributed by atoms with Gasteiger partial charge in [0.15, 0.2) is 0 Å². The minimum atomic E-state index is -0.759. The average Bonchev–Trinajstić information content (AvgIpc) is 3.44. The smallest absolute Gasteiger partial charge is 0.338 e. The van der Waals surface area contributed by atoms with Crippen molar-refractivity contribution < 1.29 is 19.4 Å². The summed E-state index contributed by atoms with van der Waals surface area (Å²) in [4.78, 5) is 37.5. The van der Waals surface area contributed by atoms with Gasteiger partial charge in [0.2, 0.25) is 5.91 Å². The van der Waals surface area contributed by atoms with E-state index in [0.29, 0.717) is 19.4 Å². The fourth-order valence-electron chi connectivity index (χ4n) is 6.01. The van der Waals surface area contributed by atoms with Gasteiger partial charge in [-0.1, -0.05) is 38.0 Å². The summed E-state index contributed by atoms with van der Waals surface area (Å²) in [5, 5.41) is 14.0. The van der Waals surface area contributed by atoms with Crippen molar-refractivity contribution in [3.8, 4) is 0 Å². The summed E-state index contributed by atoms with van der Waals surface area (Å²) >= 11 is 0. The van der Waals surface area contributed by atoms with Crippen molar-refractivity contribution in [2.75, 3.05) is 0 Å². The van der Waals surface area contributed by atoms with Crippen LogP contribution in [0.15, 0.2) is 40.6 Å². The molecule has 1 aromatic heterocycles. The molecule has 1 aliphatic carbocycles. The highest BCUT2D eigenvalue weighted by Crippen LogP contribution is 2.46. The molecule has 9 heteroatoms. The molecule has 2 aliphatic rings. The highest BCUT2D eigenvalue weighted by atomic mass is 16.6. The van der Waals surface area contributed by atoms with E-state index in [1.165, 1.54) is 12.5 Å². The normalized spacial score (nSPS) is 20.1. The maximum Gasteiger partial charge on any atom is 0.338 e. The molecule has 0 radical (unpaired) electrons. The lowest BCUT2D eigenvalue weighted by Crippen LogP contribution is -2.46. The topological polar surface area (TPSA) is 140 Å². The molecule has 40 heavy (non-hydrogen) atoms. The van der Waals surface area contributed by atoms with Gasteiger partial charge in [0, 0.05) is 37.7 Å². The van der Waals surface area contributed by atoms with Crippen molar-refractivity contribution in [2.24, 2.45) is 16.6 Å². The molecule has 1 unspecified atom stereocenters. The van der Waals surface area contributed by atoms with E-state index in [9.17, 15) is 14.7 Å². The number of benzene rings is 1. The summed E-state index contributed by atoms with van der Waals surface area (Å²) < 4.78 is 6.25. The molecule has 1 amide bonds. The first-order valence-corrected chi connectivity index (χ1v) is 14.2. The summed E-state index contributed by atoms with van der Waals surface area (Å²) in [6.07, 6.45) is 6.56. The third kappa shape index (κ3) is 7.06. The molecule has 0 spiro atoms. The van der Waals surface area contributed by atoms with Crippen LogP contribution in [0.1, 0.15) is 86.9 Å². The average molecular weight is 548 g/mol. The van der Waals surface area contributed by atoms with Crippen LogP contribution in [-0.2, 0) is 33.7 Å². The molecule has 1 fully saturated rings. The molecule has 214 valence electrons. The van der Waals surface area contributed by atoms with Crippen molar-refractivity contribution >= 4 is 23.7 Å². The zero-order valence-electron chi connectivity index (χ0n) is 24.0. The van der Waals surface area contributed by atoms with Crippen molar-refractivity contribution in [3.63, 3.8) is 0 Å². The maximum absolute atomic E-state index is 13.3. The largest absolute Gasteiger partial charge is 0.512 e. The number of aliphatic hydroxyl groups excluding tert-OH is 1. The Hall–Kier alpha value is -3.75. The highest BCUT2D eigenvalue weighted by Gasteiger charge is 2.48. The van der Waals surface area contributed by atoms with Gasteiger partial charge in [0.1, 0.15) is 17.2 Å². The Morgan fingerprint density at radius 1 is 1.18 bits per heavy atom. The monoisotopic (exact) mass is 547 g/mol. The molecule has 1 atom stereocenters. The number of ether oxygens (including phenoxy) is 1. The van der Waals surface area contributed by atoms with Crippen LogP contribution in [0.2, 0.25) is 0 Å². The van der Waals surface area contributed by atoms with E-state index in [1.807, 2.05) is 19.9 Å². The lowest BCUT2D eigenvalue weighted by Gasteiger charge is -2.42. The zero-order chi connectivity index (χ0) is 28.9. The number of nitrogens with two attached hydrogens (primary N) is 1. The van der Waals surface area contributed by atoms with Gasteiger partial charge in [-0.3, -0.25) is 4.79 Å². The molecule has 0 bridgehead atoms. The third-order valence-corrected chi connectivity index (χ3v) is 8.04. The molecule has 4 N–H and O–H groups in total. The second-order valence-corrected chi connectivity index (χ2v) is 11.1. The lowest BCUT2D eigenvalue weighted by atomic mass is 9.76. The van der Waals surface area contributed by atoms with E-state index < -0.39 is 11.6 Å². The first kappa shape index (κ1) is 29.2. The van der Waals surface area contributed by atoms with Gasteiger partial charge in [-0.25, -0.2) is 14.8 Å². The van der Waals surface area contributed by atoms with E-state index in [4.69, 9.17) is 10.5 Å². The van der Waals surface area contributed by atoms with Gasteiger partial charge < -0.3 is 20.9 Å². The lowest BCUT2D eigenvalue weighted by molar-refractivity contribution is -0.167. The van der Waals surface area contributed by atoms with Gasteiger partial charge in [0.25, 0.3) is 5.95 Å². The maximum atomic E-state index is 13.3. The number of amides is 1. The van der Waals surface area contributed by atoms with Crippen molar-refractivity contribution in [1.29, 1.82) is 0 Å². The van der Waals surface area contributed by atoms with E-state index in [2.05, 4.69) is 45.4 Å². The Bertz CT molecular complexity index is 1310. The molecular weight excluding hydrogens is 506 g/mol. The highest BCUT2D eigenvalue weighted by molar-refractivity contribution is 5.98. The number of esters is 1. The van der Waals surface area contributed by atoms with E-state index in [0.717, 1.165) is 54.6 Å². The number of hydrogen-bond donors (Lipinski definition) is 3. The second-order valence-electron chi connectivity index (χ2n) is 11.1. The van der Waals surface area contributed by atoms with Crippen molar-refractivity contribution in [1.82, 2.24) is 15.3 Å². The number of aryl methyl sites for hydroxylation is 4. The standard InChI is InChI=1S/C31H41N5O4/c1-5-23-15-22(10-11-24(23)18-33-21(4)37)12-13-31(25-8-6-7-9-25)17-27(38)26(29(39)40-31)16-28(32)36-30-34-19(2)14-20(3)35-30/h10-11,14-15,25,38H,5-9,12-13,16-18H2,1-4H3,(H,33,37)(H2,32,34,35,36). The predicted octanol–water partition coefficient (Wildman–Crippen LogP) is 4.99. The van der Waals surface area contributed by atoms with Gasteiger partial charge >= 0.3 is 5.97 Å². The molecule has 2 aromatic rings. The number of amidine groups is 1. The number of rotatable bonds is 10. The SMILES string of the molecule is CCc1cc(CCC2(C3CCCC3)CC(O)=C(CC(N)=Nc3nc(C)cc(C)n3)C(=O)O2)ccc1CNC(C)=O. The Morgan fingerprint density at radius 2 is 1.88 bits per heavy atom. The Labute approximate surface area is 236 Å². The number of aliphatic imine (C=N–C) groups is 1. The molecule has 9 nitrogen and oxygen atoms in total. The Kier molecular flexibility index (Phi) is 9.22. The van der Waals surface area contributed by atoms with Gasteiger partial charge in [-0.15, -0.1) is 0 Å². The summed E-state index contributed by atoms with van der Waals surface area (Å²) in [5.74, 6) is 0.0112. The van der Waals surface area contributed by atoms with Crippen LogP contribution in [0, 0.1) is 19.8 Å². The fourth-order valence-corrected chi connectivity index (χ4v) is 6.01. The molecular formula is C31H41N5O4. The quantitative estimate of drug-likeness (QED) is 0.216. The molecule has 1 saturated carbocycles. The Morgan fingerprint density at radius 3 is 2.50 bits per heavy atom. The number of carbonyl (C=O) groups excluding carboxylic acids is 2. The van der Waals surface area contributed by atoms with Crippen molar-refractivity contribution in [2.45, 2.75) is 97.6 Å². The van der Waals surface area contributed by atoms with E-state index in [1.54, 1.807) is 0 Å². The summed E-state index contributed by atoms with van der Waals surface area (Å²) in [7, 11) is 0. The molecule has 4 rings (SSSR count). The third-order valence-electron chi connectivity index (χ3n) is 8.04. The number of cyclic esters (lactones) is 1. The van der Waals surface area contributed by atoms with Crippen LogP contribution in [0.5, 0.6) is 0 Å². The van der Waals surface area contributed by atoms with E-state index >= 15 is 0 Å². The van der Waals surface area contributed by atoms with Gasteiger partial charge in [-0.05, 0) is 74.6 Å². The van der Waals surface area contributed by atoms with Gasteiger partial charge in [0.05, 0.1) is 5.57 Å². The number of nitrogens with one attached hydrogen (secondary N) is 1. The summed E-state index contributed by atoms with van der Waals surface area (Å²) in [6, 6.07) is 8.17. The molecule has 0 saturated heterocycles. The molecule has 2 heterocycles. The second kappa shape index (κ2) is 12.6. The van der Waals surface area contributed by atoms with Crippen LogP contribution >= 0.6 is 0 Å². The Balaban J connectivity index is 1.53. The number of aliphatic hydroxyl groups is 1. The van der Waals surface area contributed by atoms with Crippen LogP contribution in [0.4, 0.5) is 5.95 Å². The molecule has 1 aromatic carbocycles. The van der Waals surface area contributed by atoms with Crippen molar-refractivity contribution in [3.05, 3.63) is 63.7 Å². The van der Waals surface area contributed by atoms with Crippen LogP contribution in [0.3, 0.4) is 0 Å². The number of nitrogens with zero attached hydrogens (tertiary/aromatic N) is 3. The van der Waals surface area contributed by atoms with Crippen LogP contribution in [0.25, 0.3) is 0 Å². The predicted molar refractivity (Wildman–Crippen MR) is 154 cm³/mol. The number of carbonyl (C=O) groups is 2. The summed E-state index contributed by atoms with van der Waals surface area (Å²) in [5.41, 5.74) is 10.5. The van der Waals surface area contributed by atoms with Crippen LogP contribution < -0.4 is 11.1 Å². The molecule has 1 aliphatic heterocycles. The first-order chi connectivity index (χ1) is 19.1. The van der Waals surface area contributed by atoms with E-state index in [-0.39, 0.29) is 47.8 Å². The zero-order valence-corrected chi connectivity index (χ0v) is 24.0. The number of aromatic nitrogens is 2. The number of hydrogen-bond acceptors (Lipinski definition) is 7.